The molecule has 1 aliphatic rings. The molecule has 0 radical (unpaired) electrons. The molecule has 0 aromatic heterocycles. The van der Waals surface area contributed by atoms with E-state index in [9.17, 15) is 0 Å². The van der Waals surface area contributed by atoms with Gasteiger partial charge in [0, 0.05) is 0 Å². The van der Waals surface area contributed by atoms with Crippen molar-refractivity contribution in [3.8, 4) is 0 Å². The molecule has 0 spiro atoms. The second-order valence-electron chi connectivity index (χ2n) is 11.3. The summed E-state index contributed by atoms with van der Waals surface area (Å²) in [6, 6.07) is 23.6. The molecule has 0 saturated heterocycles. The van der Waals surface area contributed by atoms with Crippen LogP contribution in [0.25, 0.3) is 0 Å². The molecule has 1 heterocycles. The molecule has 0 aliphatic carbocycles. The summed E-state index contributed by atoms with van der Waals surface area (Å²) in [5, 5.41) is 0.153. The van der Waals surface area contributed by atoms with Gasteiger partial charge in [0.15, 0.2) is 0 Å². The van der Waals surface area contributed by atoms with Crippen LogP contribution in [0.4, 0.5) is 0 Å². The summed E-state index contributed by atoms with van der Waals surface area (Å²) in [5.74, 6) is 0.743. The molecule has 0 amide bonds. The molecule has 0 fully saturated rings. The van der Waals surface area contributed by atoms with Crippen LogP contribution in [0.2, 0.25) is 18.1 Å². The summed E-state index contributed by atoms with van der Waals surface area (Å²) in [5.41, 5.74) is 6.29. The van der Waals surface area contributed by atoms with E-state index in [4.69, 9.17) is 14.2 Å². The van der Waals surface area contributed by atoms with Gasteiger partial charge >= 0.3 is 225 Å². The zero-order chi connectivity index (χ0) is 26.1. The van der Waals surface area contributed by atoms with Crippen LogP contribution in [0.3, 0.4) is 0 Å². The van der Waals surface area contributed by atoms with Gasteiger partial charge in [0.2, 0.25) is 0 Å². The standard InChI is InChI=1S/C31H39NO2SeSi/c1-21-18-22(2)29(23(3)19-21)35-27-17-13-12-16-25(27)30-32-26(20-33-36(7,8)31(4,5)6)28(34-30)24-14-10-9-11-15-24/h9-19,26,28H,20H2,1-8H3/t26-,28-/m0/s1. The summed E-state index contributed by atoms with van der Waals surface area (Å²) in [6.45, 7) is 18.6. The van der Waals surface area contributed by atoms with Crippen molar-refractivity contribution in [2.24, 2.45) is 4.99 Å². The fourth-order valence-electron chi connectivity index (χ4n) is 4.32. The van der Waals surface area contributed by atoms with Crippen molar-refractivity contribution in [2.45, 2.75) is 71.8 Å². The summed E-state index contributed by atoms with van der Waals surface area (Å²) < 4.78 is 16.0. The van der Waals surface area contributed by atoms with Gasteiger partial charge in [-0.05, 0) is 0 Å². The molecule has 5 heteroatoms. The molecule has 3 aromatic carbocycles. The van der Waals surface area contributed by atoms with Crippen LogP contribution in [0, 0.1) is 20.8 Å². The van der Waals surface area contributed by atoms with Gasteiger partial charge in [0.1, 0.15) is 0 Å². The first-order valence-corrected chi connectivity index (χ1v) is 17.4. The van der Waals surface area contributed by atoms with E-state index in [-0.39, 0.29) is 32.1 Å². The minimum atomic E-state index is -1.91. The van der Waals surface area contributed by atoms with Crippen LogP contribution in [0.1, 0.15) is 54.7 Å². The van der Waals surface area contributed by atoms with Crippen molar-refractivity contribution in [3.05, 3.63) is 94.5 Å². The van der Waals surface area contributed by atoms with Gasteiger partial charge in [0.25, 0.3) is 0 Å². The van der Waals surface area contributed by atoms with Crippen molar-refractivity contribution < 1.29 is 9.16 Å². The van der Waals surface area contributed by atoms with Crippen molar-refractivity contribution in [1.29, 1.82) is 0 Å². The van der Waals surface area contributed by atoms with Crippen LogP contribution < -0.4 is 8.92 Å². The Morgan fingerprint density at radius 3 is 2.17 bits per heavy atom. The Bertz CT molecular complexity index is 1220. The van der Waals surface area contributed by atoms with Gasteiger partial charge in [-0.3, -0.25) is 0 Å². The molecule has 36 heavy (non-hydrogen) atoms. The maximum absolute atomic E-state index is 6.65. The zero-order valence-corrected chi connectivity index (χ0v) is 25.6. The summed E-state index contributed by atoms with van der Waals surface area (Å²) in [6.07, 6.45) is -0.144. The third kappa shape index (κ3) is 5.86. The van der Waals surface area contributed by atoms with E-state index in [0.29, 0.717) is 6.61 Å². The first-order chi connectivity index (χ1) is 17.0. The van der Waals surface area contributed by atoms with Gasteiger partial charge in [0.05, 0.1) is 0 Å². The van der Waals surface area contributed by atoms with Crippen LogP contribution >= 0.6 is 0 Å². The van der Waals surface area contributed by atoms with Gasteiger partial charge < -0.3 is 0 Å². The summed E-state index contributed by atoms with van der Waals surface area (Å²) in [4.78, 5) is 5.16. The van der Waals surface area contributed by atoms with Crippen molar-refractivity contribution in [2.75, 3.05) is 6.61 Å². The summed E-state index contributed by atoms with van der Waals surface area (Å²) >= 11 is 0.155. The number of aryl methyl sites for hydroxylation is 3. The Morgan fingerprint density at radius 2 is 1.53 bits per heavy atom. The second-order valence-corrected chi connectivity index (χ2v) is 18.4. The van der Waals surface area contributed by atoms with E-state index in [0.717, 1.165) is 17.0 Å². The number of ether oxygens (including phenoxy) is 1. The Labute approximate surface area is 224 Å². The summed E-state index contributed by atoms with van der Waals surface area (Å²) in [7, 11) is -1.91. The Morgan fingerprint density at radius 1 is 0.917 bits per heavy atom. The molecule has 190 valence electrons. The zero-order valence-electron chi connectivity index (χ0n) is 22.9. The predicted molar refractivity (Wildman–Crippen MR) is 156 cm³/mol. The van der Waals surface area contributed by atoms with Crippen LogP contribution in [-0.2, 0) is 9.16 Å². The number of hydrogen-bond acceptors (Lipinski definition) is 3. The Kier molecular flexibility index (Phi) is 7.97. The fraction of sp³-hybridized carbons (Fsp3) is 0.387. The molecular formula is C31H39NO2SeSi. The average Bonchev–Trinajstić information content (AvgIpc) is 3.24. The number of nitrogens with zero attached hydrogens (tertiary/aromatic N) is 1. The van der Waals surface area contributed by atoms with E-state index < -0.39 is 8.32 Å². The predicted octanol–water partition coefficient (Wildman–Crippen LogP) is 6.18. The molecule has 2 atom stereocenters. The quantitative estimate of drug-likeness (QED) is 0.321. The third-order valence-corrected chi connectivity index (χ3v) is 14.8. The molecule has 0 bridgehead atoms. The fourth-order valence-corrected chi connectivity index (χ4v) is 7.59. The van der Waals surface area contributed by atoms with Gasteiger partial charge in [-0.1, -0.05) is 0 Å². The molecule has 4 rings (SSSR count). The SMILES string of the molecule is Cc1cc(C)c([Se]c2ccccc2C2=N[C@@H](CO[Si](C)(C)C(C)(C)C)[C@H](c3ccccc3)O2)c(C)c1. The molecule has 0 unspecified atom stereocenters. The van der Waals surface area contributed by atoms with E-state index in [2.05, 4.69) is 115 Å². The molecule has 1 aliphatic heterocycles. The topological polar surface area (TPSA) is 30.8 Å². The Balaban J connectivity index is 1.67. The van der Waals surface area contributed by atoms with Crippen molar-refractivity contribution in [1.82, 2.24) is 0 Å². The average molecular weight is 565 g/mol. The maximum atomic E-state index is 6.65. The van der Waals surface area contributed by atoms with Crippen LogP contribution in [-0.4, -0.2) is 41.8 Å². The number of aliphatic imine (C=N–C) groups is 1. The van der Waals surface area contributed by atoms with Gasteiger partial charge in [-0.25, -0.2) is 0 Å². The molecule has 0 N–H and O–H groups in total. The van der Waals surface area contributed by atoms with Crippen LogP contribution in [0.15, 0.2) is 71.7 Å². The molecule has 3 nitrogen and oxygen atoms in total. The molecular weight excluding hydrogens is 525 g/mol. The second kappa shape index (κ2) is 10.7. The number of benzene rings is 3. The van der Waals surface area contributed by atoms with Crippen molar-refractivity contribution in [3.63, 3.8) is 0 Å². The van der Waals surface area contributed by atoms with Gasteiger partial charge in [-0.15, -0.1) is 0 Å². The number of rotatable bonds is 7. The van der Waals surface area contributed by atoms with Crippen LogP contribution in [0.5, 0.6) is 0 Å². The Hall–Kier alpha value is -2.17. The van der Waals surface area contributed by atoms with E-state index >= 15 is 0 Å². The van der Waals surface area contributed by atoms with E-state index in [1.165, 1.54) is 25.6 Å². The minimum absolute atomic E-state index is 0.0695. The monoisotopic (exact) mass is 565 g/mol. The van der Waals surface area contributed by atoms with Crippen molar-refractivity contribution >= 4 is 38.1 Å². The van der Waals surface area contributed by atoms with Gasteiger partial charge in [-0.2, -0.15) is 0 Å². The van der Waals surface area contributed by atoms with E-state index in [1.807, 2.05) is 6.07 Å². The normalized spacial score (nSPS) is 18.2. The van der Waals surface area contributed by atoms with E-state index in [1.54, 1.807) is 0 Å². The third-order valence-electron chi connectivity index (χ3n) is 7.35. The molecule has 0 saturated carbocycles. The molecule has 3 aromatic rings. The first-order valence-electron chi connectivity index (χ1n) is 12.7. The number of hydrogen-bond donors (Lipinski definition) is 0. The first kappa shape index (κ1) is 26.9.